The molecule has 3 heterocycles. The Morgan fingerprint density at radius 3 is 2.63 bits per heavy atom. The molecule has 3 aromatic rings. The normalized spacial score (nSPS) is 26.6. The third-order valence-corrected chi connectivity index (χ3v) is 9.34. The van der Waals surface area contributed by atoms with E-state index >= 15 is 0 Å². The standard InChI is InChI=1S/C31H41N3O/c1-21(35)27-20-34-17-16-26-25-15-9-14-24(23-12-7-4-8-13-23)30(25)32-31(26)29(34)18-28(27)33(2)19-22-10-5-3-6-11-22/h4,7-9,12-15,21-22,27-29,32,35H,3,5-6,10-11,16-20H2,1-2H3/t21-,27-,28-,29-/m0/s1. The van der Waals surface area contributed by atoms with Gasteiger partial charge in [0.05, 0.1) is 17.7 Å². The summed E-state index contributed by atoms with van der Waals surface area (Å²) in [5.74, 6) is 1.13. The number of aliphatic hydroxyl groups excluding tert-OH is 1. The van der Waals surface area contributed by atoms with Gasteiger partial charge < -0.3 is 15.0 Å². The molecule has 0 bridgehead atoms. The van der Waals surface area contributed by atoms with Crippen molar-refractivity contribution in [2.75, 3.05) is 26.7 Å². The lowest BCUT2D eigenvalue weighted by molar-refractivity contribution is -0.0338. The molecule has 4 heteroatoms. The Balaban J connectivity index is 1.33. The number of aromatic nitrogens is 1. The Hall–Kier alpha value is -2.14. The van der Waals surface area contributed by atoms with Crippen molar-refractivity contribution in [2.45, 2.75) is 70.1 Å². The summed E-state index contributed by atoms with van der Waals surface area (Å²) in [7, 11) is 2.33. The molecular weight excluding hydrogens is 430 g/mol. The average Bonchev–Trinajstić information content (AvgIpc) is 3.28. The van der Waals surface area contributed by atoms with Crippen LogP contribution in [0.25, 0.3) is 22.0 Å². The number of nitrogens with zero attached hydrogens (tertiary/aromatic N) is 2. The molecule has 2 aliphatic heterocycles. The highest BCUT2D eigenvalue weighted by Gasteiger charge is 2.43. The predicted octanol–water partition coefficient (Wildman–Crippen LogP) is 6.02. The minimum Gasteiger partial charge on any atom is -0.393 e. The third-order valence-electron chi connectivity index (χ3n) is 9.34. The minimum absolute atomic E-state index is 0.274. The topological polar surface area (TPSA) is 42.5 Å². The van der Waals surface area contributed by atoms with E-state index in [9.17, 15) is 5.11 Å². The maximum Gasteiger partial charge on any atom is 0.0567 e. The van der Waals surface area contributed by atoms with Gasteiger partial charge in [0, 0.05) is 48.2 Å². The zero-order valence-electron chi connectivity index (χ0n) is 21.4. The van der Waals surface area contributed by atoms with Crippen molar-refractivity contribution in [3.63, 3.8) is 0 Å². The quantitative estimate of drug-likeness (QED) is 0.478. The van der Waals surface area contributed by atoms with Crippen LogP contribution in [0.2, 0.25) is 0 Å². The fourth-order valence-electron chi connectivity index (χ4n) is 7.47. The van der Waals surface area contributed by atoms with Gasteiger partial charge in [-0.1, -0.05) is 67.8 Å². The monoisotopic (exact) mass is 471 g/mol. The van der Waals surface area contributed by atoms with E-state index in [0.717, 1.165) is 31.8 Å². The van der Waals surface area contributed by atoms with Crippen LogP contribution in [-0.4, -0.2) is 58.7 Å². The van der Waals surface area contributed by atoms with Gasteiger partial charge >= 0.3 is 0 Å². The van der Waals surface area contributed by atoms with Crippen LogP contribution in [0.5, 0.6) is 0 Å². The maximum absolute atomic E-state index is 10.8. The van der Waals surface area contributed by atoms with E-state index in [4.69, 9.17) is 0 Å². The second-order valence-corrected chi connectivity index (χ2v) is 11.5. The highest BCUT2D eigenvalue weighted by molar-refractivity contribution is 5.97. The Kier molecular flexibility index (Phi) is 6.46. The van der Waals surface area contributed by atoms with E-state index < -0.39 is 0 Å². The zero-order valence-corrected chi connectivity index (χ0v) is 21.4. The lowest BCUT2D eigenvalue weighted by Crippen LogP contribution is -2.56. The second-order valence-electron chi connectivity index (χ2n) is 11.5. The molecular formula is C31H41N3O. The molecule has 2 fully saturated rings. The van der Waals surface area contributed by atoms with Gasteiger partial charge in [0.2, 0.25) is 0 Å². The van der Waals surface area contributed by atoms with Gasteiger partial charge in [0.1, 0.15) is 0 Å². The van der Waals surface area contributed by atoms with Crippen molar-refractivity contribution < 1.29 is 5.11 Å². The van der Waals surface area contributed by atoms with E-state index in [1.807, 2.05) is 6.92 Å². The molecule has 0 spiro atoms. The highest BCUT2D eigenvalue weighted by atomic mass is 16.3. The minimum atomic E-state index is -0.274. The molecule has 4 nitrogen and oxygen atoms in total. The summed E-state index contributed by atoms with van der Waals surface area (Å²) >= 11 is 0. The van der Waals surface area contributed by atoms with Crippen LogP contribution in [0.15, 0.2) is 48.5 Å². The fraction of sp³-hybridized carbons (Fsp3) is 0.548. The molecule has 1 aromatic heterocycles. The van der Waals surface area contributed by atoms with Gasteiger partial charge in [0.15, 0.2) is 0 Å². The maximum atomic E-state index is 10.8. The van der Waals surface area contributed by atoms with Gasteiger partial charge in [-0.15, -0.1) is 0 Å². The zero-order chi connectivity index (χ0) is 23.9. The smallest absolute Gasteiger partial charge is 0.0567 e. The Labute approximate surface area is 210 Å². The molecule has 0 unspecified atom stereocenters. The first kappa shape index (κ1) is 23.3. The number of hydrogen-bond acceptors (Lipinski definition) is 3. The summed E-state index contributed by atoms with van der Waals surface area (Å²) in [6, 6.07) is 18.4. The van der Waals surface area contributed by atoms with Crippen LogP contribution in [0.4, 0.5) is 0 Å². The Morgan fingerprint density at radius 2 is 1.86 bits per heavy atom. The van der Waals surface area contributed by atoms with Crippen molar-refractivity contribution in [2.24, 2.45) is 11.8 Å². The second kappa shape index (κ2) is 9.72. The number of aromatic amines is 1. The SMILES string of the molecule is C[C@H](O)[C@@H]1CN2CCc3c([nH]c4c(-c5ccccc5)cccc34)[C@@H]2C[C@@H]1N(C)CC1CCCCC1. The largest absolute Gasteiger partial charge is 0.393 e. The van der Waals surface area contributed by atoms with E-state index in [1.165, 1.54) is 71.9 Å². The van der Waals surface area contributed by atoms with E-state index in [2.05, 4.69) is 70.4 Å². The van der Waals surface area contributed by atoms with Crippen molar-refractivity contribution in [3.05, 3.63) is 59.8 Å². The molecule has 1 saturated carbocycles. The molecule has 3 aliphatic rings. The van der Waals surface area contributed by atoms with Crippen LogP contribution >= 0.6 is 0 Å². The Morgan fingerprint density at radius 1 is 1.06 bits per heavy atom. The summed E-state index contributed by atoms with van der Waals surface area (Å²) < 4.78 is 0. The number of fused-ring (bicyclic) bond motifs is 5. The molecule has 6 rings (SSSR count). The van der Waals surface area contributed by atoms with Gasteiger partial charge in [-0.25, -0.2) is 0 Å². The molecule has 0 radical (unpaired) electrons. The first-order valence-electron chi connectivity index (χ1n) is 13.9. The highest BCUT2D eigenvalue weighted by Crippen LogP contribution is 2.44. The molecule has 1 saturated heterocycles. The number of hydrogen-bond donors (Lipinski definition) is 2. The number of piperidine rings is 1. The number of benzene rings is 2. The summed E-state index contributed by atoms with van der Waals surface area (Å²) in [6.07, 6.45) is 8.84. The van der Waals surface area contributed by atoms with Crippen LogP contribution in [0.1, 0.15) is 62.7 Å². The number of para-hydroxylation sites is 1. The summed E-state index contributed by atoms with van der Waals surface area (Å²) in [4.78, 5) is 9.22. The molecule has 2 aromatic carbocycles. The van der Waals surface area contributed by atoms with Crippen molar-refractivity contribution in [1.29, 1.82) is 0 Å². The van der Waals surface area contributed by atoms with Crippen LogP contribution in [-0.2, 0) is 6.42 Å². The third kappa shape index (κ3) is 4.34. The van der Waals surface area contributed by atoms with Crippen molar-refractivity contribution >= 4 is 10.9 Å². The molecule has 186 valence electrons. The Bertz CT molecular complexity index is 1150. The summed E-state index contributed by atoms with van der Waals surface area (Å²) in [5, 5.41) is 12.2. The predicted molar refractivity (Wildman–Crippen MR) is 145 cm³/mol. The number of rotatable bonds is 5. The molecule has 1 aliphatic carbocycles. The fourth-order valence-corrected chi connectivity index (χ4v) is 7.47. The van der Waals surface area contributed by atoms with Crippen molar-refractivity contribution in [3.8, 4) is 11.1 Å². The number of aliphatic hydroxyl groups is 1. The van der Waals surface area contributed by atoms with E-state index in [-0.39, 0.29) is 6.10 Å². The lowest BCUT2D eigenvalue weighted by Gasteiger charge is -2.50. The molecule has 35 heavy (non-hydrogen) atoms. The van der Waals surface area contributed by atoms with Crippen LogP contribution < -0.4 is 0 Å². The van der Waals surface area contributed by atoms with Crippen LogP contribution in [0.3, 0.4) is 0 Å². The van der Waals surface area contributed by atoms with Crippen molar-refractivity contribution in [1.82, 2.24) is 14.8 Å². The average molecular weight is 472 g/mol. The first-order valence-corrected chi connectivity index (χ1v) is 13.9. The van der Waals surface area contributed by atoms with Gasteiger partial charge in [-0.05, 0) is 56.7 Å². The number of nitrogens with one attached hydrogen (secondary N) is 1. The van der Waals surface area contributed by atoms with E-state index in [0.29, 0.717) is 18.0 Å². The van der Waals surface area contributed by atoms with Gasteiger partial charge in [-0.2, -0.15) is 0 Å². The van der Waals surface area contributed by atoms with Gasteiger partial charge in [-0.3, -0.25) is 4.90 Å². The first-order chi connectivity index (χ1) is 17.1. The summed E-state index contributed by atoms with van der Waals surface area (Å²) in [6.45, 7) is 5.26. The van der Waals surface area contributed by atoms with Crippen LogP contribution in [0, 0.1) is 11.8 Å². The van der Waals surface area contributed by atoms with E-state index in [1.54, 1.807) is 0 Å². The van der Waals surface area contributed by atoms with Gasteiger partial charge in [0.25, 0.3) is 0 Å². The molecule has 2 N–H and O–H groups in total. The molecule has 0 amide bonds. The lowest BCUT2D eigenvalue weighted by atomic mass is 9.79. The summed E-state index contributed by atoms with van der Waals surface area (Å²) in [5.41, 5.74) is 6.80. The molecule has 4 atom stereocenters. The number of H-pyrrole nitrogens is 1.